The predicted molar refractivity (Wildman–Crippen MR) is 178 cm³/mol. The average molecular weight is 567 g/mol. The van der Waals surface area contributed by atoms with Crippen LogP contribution < -0.4 is 4.90 Å². The van der Waals surface area contributed by atoms with Gasteiger partial charge in [-0.25, -0.2) is 4.98 Å². The third-order valence-corrected chi connectivity index (χ3v) is 8.71. The first kappa shape index (κ1) is 23.5. The molecule has 0 saturated heterocycles. The second-order valence-corrected chi connectivity index (χ2v) is 11.2. The van der Waals surface area contributed by atoms with Crippen molar-refractivity contribution in [3.63, 3.8) is 0 Å². The van der Waals surface area contributed by atoms with Gasteiger partial charge in [0.2, 0.25) is 0 Å². The summed E-state index contributed by atoms with van der Waals surface area (Å²) in [7, 11) is 0. The molecule has 0 radical (unpaired) electrons. The lowest BCUT2D eigenvalue weighted by Crippen LogP contribution is -2.11. The van der Waals surface area contributed by atoms with Gasteiger partial charge in [-0.05, 0) is 53.9 Å². The van der Waals surface area contributed by atoms with E-state index in [0.29, 0.717) is 0 Å². The molecule has 4 heterocycles. The molecule has 0 saturated carbocycles. The number of aromatic nitrogens is 1. The van der Waals surface area contributed by atoms with Crippen molar-refractivity contribution in [2.75, 3.05) is 4.90 Å². The fraction of sp³-hybridized carbons (Fsp3) is 0. The van der Waals surface area contributed by atoms with Gasteiger partial charge in [0.1, 0.15) is 39.3 Å². The van der Waals surface area contributed by atoms with Crippen LogP contribution in [0, 0.1) is 0 Å². The van der Waals surface area contributed by atoms with Crippen LogP contribution in [0.15, 0.2) is 147 Å². The van der Waals surface area contributed by atoms with Crippen LogP contribution in [0.5, 0.6) is 0 Å². The predicted octanol–water partition coefficient (Wildman–Crippen LogP) is 11.4. The highest BCUT2D eigenvalue weighted by Crippen LogP contribution is 2.45. The molecule has 0 aliphatic heterocycles. The molecule has 0 aliphatic rings. The number of para-hydroxylation sites is 2. The second kappa shape index (κ2) is 8.72. The molecule has 0 bridgehead atoms. The monoisotopic (exact) mass is 566 g/mol. The van der Waals surface area contributed by atoms with Crippen molar-refractivity contribution in [2.45, 2.75) is 0 Å². The van der Waals surface area contributed by atoms with E-state index in [0.717, 1.165) is 93.8 Å². The van der Waals surface area contributed by atoms with Gasteiger partial charge in [-0.15, -0.1) is 0 Å². The number of furan rings is 3. The van der Waals surface area contributed by atoms with Crippen LogP contribution in [0.25, 0.3) is 76.6 Å². The molecule has 4 aromatic heterocycles. The van der Waals surface area contributed by atoms with Gasteiger partial charge < -0.3 is 13.3 Å². The number of benzene rings is 6. The van der Waals surface area contributed by atoms with Crippen molar-refractivity contribution >= 4 is 93.8 Å². The van der Waals surface area contributed by atoms with Gasteiger partial charge in [-0.1, -0.05) is 66.7 Å². The summed E-state index contributed by atoms with van der Waals surface area (Å²) in [5.41, 5.74) is 6.83. The van der Waals surface area contributed by atoms with Gasteiger partial charge in [-0.3, -0.25) is 4.90 Å². The van der Waals surface area contributed by atoms with Gasteiger partial charge in [0.25, 0.3) is 0 Å². The first-order chi connectivity index (χ1) is 21.8. The molecule has 10 rings (SSSR count). The fourth-order valence-electron chi connectivity index (χ4n) is 6.70. The van der Waals surface area contributed by atoms with Gasteiger partial charge in [0.15, 0.2) is 0 Å². The molecular formula is C39H22N2O3. The minimum Gasteiger partial charge on any atom is -0.456 e. The van der Waals surface area contributed by atoms with E-state index in [-0.39, 0.29) is 0 Å². The first-order valence-corrected chi connectivity index (χ1v) is 14.6. The van der Waals surface area contributed by atoms with Crippen molar-refractivity contribution in [2.24, 2.45) is 0 Å². The normalized spacial score (nSPS) is 12.1. The highest BCUT2D eigenvalue weighted by atomic mass is 16.3. The van der Waals surface area contributed by atoms with E-state index in [4.69, 9.17) is 18.2 Å². The molecule has 0 atom stereocenters. The van der Waals surface area contributed by atoms with Crippen LogP contribution in [0.4, 0.5) is 17.2 Å². The Morgan fingerprint density at radius 3 is 1.68 bits per heavy atom. The smallest absolute Gasteiger partial charge is 0.149 e. The summed E-state index contributed by atoms with van der Waals surface area (Å²) in [5.74, 6) is 0.766. The molecule has 44 heavy (non-hydrogen) atoms. The molecular weight excluding hydrogens is 544 g/mol. The lowest BCUT2D eigenvalue weighted by Gasteiger charge is -2.25. The quantitative estimate of drug-likeness (QED) is 0.213. The molecule has 206 valence electrons. The summed E-state index contributed by atoms with van der Waals surface area (Å²) in [6, 6.07) is 43.5. The SMILES string of the molecule is c1ccc2c(c1)ccc1c2oc2ccnc(N(c3ccc4c(c3)oc3ccccc34)c3ccc4c(c3)oc3ccccc34)c21. The van der Waals surface area contributed by atoms with E-state index >= 15 is 0 Å². The summed E-state index contributed by atoms with van der Waals surface area (Å²) in [6.07, 6.45) is 1.81. The van der Waals surface area contributed by atoms with Crippen molar-refractivity contribution in [1.29, 1.82) is 0 Å². The number of anilines is 3. The number of rotatable bonds is 3. The molecule has 6 aromatic carbocycles. The Kier molecular flexibility index (Phi) is 4.66. The maximum atomic E-state index is 6.54. The molecule has 0 unspecified atom stereocenters. The van der Waals surface area contributed by atoms with E-state index in [9.17, 15) is 0 Å². The van der Waals surface area contributed by atoms with Crippen LogP contribution in [-0.2, 0) is 0 Å². The standard InChI is InChI=1S/C39H22N2O3/c1-2-8-26-23(7-1)13-16-31-37-34(44-38(26)31)19-20-40-39(37)41(24-14-17-29-27-9-3-5-11-32(27)42-35(29)21-24)25-15-18-30-28-10-4-6-12-33(28)43-36(30)22-25/h1-22H. The Morgan fingerprint density at radius 2 is 1.00 bits per heavy atom. The fourth-order valence-corrected chi connectivity index (χ4v) is 6.70. The summed E-state index contributed by atoms with van der Waals surface area (Å²) in [4.78, 5) is 7.19. The zero-order valence-corrected chi connectivity index (χ0v) is 23.3. The number of fused-ring (bicyclic) bond motifs is 11. The molecule has 0 N–H and O–H groups in total. The van der Waals surface area contributed by atoms with E-state index < -0.39 is 0 Å². The van der Waals surface area contributed by atoms with Gasteiger partial charge >= 0.3 is 0 Å². The Morgan fingerprint density at radius 1 is 0.432 bits per heavy atom. The Hall–Kier alpha value is -6.07. The Labute approximate surface area is 250 Å². The van der Waals surface area contributed by atoms with Gasteiger partial charge in [-0.2, -0.15) is 0 Å². The van der Waals surface area contributed by atoms with Crippen LogP contribution in [0.1, 0.15) is 0 Å². The minimum absolute atomic E-state index is 0.766. The van der Waals surface area contributed by atoms with Crippen molar-refractivity contribution in [3.8, 4) is 0 Å². The van der Waals surface area contributed by atoms with E-state index in [2.05, 4.69) is 77.7 Å². The lowest BCUT2D eigenvalue weighted by atomic mass is 10.1. The van der Waals surface area contributed by atoms with E-state index in [1.54, 1.807) is 0 Å². The highest BCUT2D eigenvalue weighted by Gasteiger charge is 2.23. The lowest BCUT2D eigenvalue weighted by molar-refractivity contribution is 0.669. The van der Waals surface area contributed by atoms with Crippen molar-refractivity contribution in [3.05, 3.63) is 134 Å². The maximum Gasteiger partial charge on any atom is 0.149 e. The molecule has 0 amide bonds. The summed E-state index contributed by atoms with van der Waals surface area (Å²) in [5, 5.41) is 8.51. The largest absolute Gasteiger partial charge is 0.456 e. The topological polar surface area (TPSA) is 55.6 Å². The number of nitrogens with zero attached hydrogens (tertiary/aromatic N) is 2. The number of pyridine rings is 1. The maximum absolute atomic E-state index is 6.54. The van der Waals surface area contributed by atoms with Crippen LogP contribution in [-0.4, -0.2) is 4.98 Å². The van der Waals surface area contributed by atoms with Crippen molar-refractivity contribution in [1.82, 2.24) is 4.98 Å². The highest BCUT2D eigenvalue weighted by molar-refractivity contribution is 6.19. The summed E-state index contributed by atoms with van der Waals surface area (Å²) >= 11 is 0. The molecule has 0 fully saturated rings. The zero-order chi connectivity index (χ0) is 28.8. The first-order valence-electron chi connectivity index (χ1n) is 14.6. The van der Waals surface area contributed by atoms with Crippen LogP contribution in [0.2, 0.25) is 0 Å². The second-order valence-electron chi connectivity index (χ2n) is 11.2. The third kappa shape index (κ3) is 3.26. The number of hydrogen-bond donors (Lipinski definition) is 0. The zero-order valence-electron chi connectivity index (χ0n) is 23.3. The van der Waals surface area contributed by atoms with E-state index in [1.807, 2.05) is 60.8 Å². The molecule has 0 aliphatic carbocycles. The third-order valence-electron chi connectivity index (χ3n) is 8.71. The number of hydrogen-bond acceptors (Lipinski definition) is 5. The molecule has 0 spiro atoms. The van der Waals surface area contributed by atoms with Crippen molar-refractivity contribution < 1.29 is 13.3 Å². The van der Waals surface area contributed by atoms with Gasteiger partial charge in [0, 0.05) is 50.6 Å². The minimum atomic E-state index is 0.766. The summed E-state index contributed by atoms with van der Waals surface area (Å²) < 4.78 is 19.2. The average Bonchev–Trinajstić information content (AvgIpc) is 3.76. The molecule has 10 aromatic rings. The summed E-state index contributed by atoms with van der Waals surface area (Å²) in [6.45, 7) is 0. The Balaban J connectivity index is 1.28. The molecule has 5 nitrogen and oxygen atoms in total. The van der Waals surface area contributed by atoms with Crippen LogP contribution in [0.3, 0.4) is 0 Å². The Bertz CT molecular complexity index is 2630. The van der Waals surface area contributed by atoms with Gasteiger partial charge in [0.05, 0.1) is 16.8 Å². The van der Waals surface area contributed by atoms with Crippen LogP contribution >= 0.6 is 0 Å². The molecule has 5 heteroatoms. The van der Waals surface area contributed by atoms with E-state index in [1.165, 1.54) is 0 Å².